The Morgan fingerprint density at radius 2 is 1.46 bits per heavy atom. The lowest BCUT2D eigenvalue weighted by molar-refractivity contribution is -0.155. The Labute approximate surface area is 300 Å². The predicted octanol–water partition coefficient (Wildman–Crippen LogP) is 8.73. The van der Waals surface area contributed by atoms with Crippen LogP contribution in [0.4, 0.5) is 26.7 Å². The van der Waals surface area contributed by atoms with Crippen LogP contribution in [0, 0.1) is 0 Å². The number of fused-ring (bicyclic) bond motifs is 2. The summed E-state index contributed by atoms with van der Waals surface area (Å²) >= 11 is 1.41. The first-order valence-electron chi connectivity index (χ1n) is 17.4. The van der Waals surface area contributed by atoms with Crippen LogP contribution in [0.15, 0.2) is 46.2 Å². The van der Waals surface area contributed by atoms with Crippen molar-refractivity contribution in [3.05, 3.63) is 42.0 Å². The smallest absolute Gasteiger partial charge is 0.419 e. The summed E-state index contributed by atoms with van der Waals surface area (Å²) in [6.07, 6.45) is 0.984. The largest absolute Gasteiger partial charge is 0.462 e. The molecule has 4 rings (SSSR count). The van der Waals surface area contributed by atoms with Crippen molar-refractivity contribution in [2.75, 3.05) is 36.0 Å². The van der Waals surface area contributed by atoms with Crippen LogP contribution in [0.1, 0.15) is 105 Å². The maximum Gasteiger partial charge on any atom is 0.419 e. The second-order valence-electron chi connectivity index (χ2n) is 15.6. The first kappa shape index (κ1) is 39.0. The monoisotopic (exact) mass is 711 g/mol. The van der Waals surface area contributed by atoms with Gasteiger partial charge in [-0.05, 0) is 119 Å². The minimum Gasteiger partial charge on any atom is -0.462 e. The third-order valence-corrected chi connectivity index (χ3v) is 8.84. The number of para-hydroxylation sites is 1. The molecule has 2 aliphatic heterocycles. The van der Waals surface area contributed by atoms with E-state index in [2.05, 4.69) is 4.90 Å². The molecule has 12 heteroatoms. The second kappa shape index (κ2) is 15.6. The molecule has 0 bridgehead atoms. The summed E-state index contributed by atoms with van der Waals surface area (Å²) in [7, 11) is 0. The van der Waals surface area contributed by atoms with Gasteiger partial charge in [-0.3, -0.25) is 9.69 Å². The van der Waals surface area contributed by atoms with E-state index in [0.717, 1.165) is 4.90 Å². The number of amides is 2. The number of ether oxygens (including phenoxy) is 4. The summed E-state index contributed by atoms with van der Waals surface area (Å²) in [5, 5.41) is 0. The van der Waals surface area contributed by atoms with Crippen LogP contribution >= 0.6 is 11.8 Å². The van der Waals surface area contributed by atoms with Crippen LogP contribution in [0.2, 0.25) is 0 Å². The number of rotatable bonds is 8. The third-order valence-electron chi connectivity index (χ3n) is 7.74. The molecule has 1 fully saturated rings. The van der Waals surface area contributed by atoms with E-state index < -0.39 is 35.0 Å². The molecule has 2 heterocycles. The highest BCUT2D eigenvalue weighted by molar-refractivity contribution is 7.99. The molecule has 0 radical (unpaired) electrons. The van der Waals surface area contributed by atoms with Crippen molar-refractivity contribution >= 4 is 52.9 Å². The van der Waals surface area contributed by atoms with Crippen molar-refractivity contribution in [3.8, 4) is 0 Å². The number of anilines is 3. The molecule has 2 amide bonds. The molecular weight excluding hydrogens is 658 g/mol. The standard InChI is InChI=1S/C38H53N3O8S/c1-11-46-33(43)25-23-28(32-30(24-25)50-29-16-13-12-15-27(29)41(32)35(45)49-38(8,9)10)40(34(44)48-37(5,6)7)26-18-21-39(22-19-26)20-14-17-31(42)47-36(2,3)4/h12-13,15-16,23-24,26H,11,14,17-22H2,1-10H3. The second-order valence-corrected chi connectivity index (χ2v) is 16.6. The first-order valence-corrected chi connectivity index (χ1v) is 18.2. The molecule has 50 heavy (non-hydrogen) atoms. The quantitative estimate of drug-likeness (QED) is 0.195. The molecule has 11 nitrogen and oxygen atoms in total. The van der Waals surface area contributed by atoms with E-state index >= 15 is 0 Å². The number of hydrogen-bond acceptors (Lipinski definition) is 10. The van der Waals surface area contributed by atoms with E-state index in [4.69, 9.17) is 18.9 Å². The number of carbonyl (C=O) groups is 4. The minimum atomic E-state index is -0.817. The Balaban J connectivity index is 1.77. The minimum absolute atomic E-state index is 0.174. The Hall–Kier alpha value is -3.77. The van der Waals surface area contributed by atoms with Crippen molar-refractivity contribution in [1.82, 2.24) is 4.90 Å². The summed E-state index contributed by atoms with van der Waals surface area (Å²) in [4.78, 5) is 60.8. The van der Waals surface area contributed by atoms with E-state index in [0.29, 0.717) is 67.3 Å². The van der Waals surface area contributed by atoms with Gasteiger partial charge in [0.15, 0.2) is 0 Å². The molecule has 0 spiro atoms. The Kier molecular flexibility index (Phi) is 12.2. The molecule has 2 aromatic carbocycles. The number of piperidine rings is 1. The van der Waals surface area contributed by atoms with E-state index in [1.54, 1.807) is 65.5 Å². The summed E-state index contributed by atoms with van der Waals surface area (Å²) in [6, 6.07) is 10.5. The molecule has 2 aliphatic rings. The number of esters is 2. The molecular formula is C38H53N3O8S. The van der Waals surface area contributed by atoms with Gasteiger partial charge in [0, 0.05) is 35.3 Å². The van der Waals surface area contributed by atoms with Gasteiger partial charge in [-0.15, -0.1) is 0 Å². The van der Waals surface area contributed by atoms with Crippen LogP contribution < -0.4 is 9.80 Å². The highest BCUT2D eigenvalue weighted by atomic mass is 32.2. The van der Waals surface area contributed by atoms with Crippen LogP contribution in [-0.4, -0.2) is 78.1 Å². The molecule has 2 aromatic rings. The van der Waals surface area contributed by atoms with Crippen LogP contribution in [0.25, 0.3) is 0 Å². The van der Waals surface area contributed by atoms with Gasteiger partial charge in [0.25, 0.3) is 0 Å². The van der Waals surface area contributed by atoms with Crippen molar-refractivity contribution in [2.45, 2.75) is 128 Å². The summed E-state index contributed by atoms with van der Waals surface area (Å²) in [6.45, 7) is 20.4. The number of nitrogens with zero attached hydrogens (tertiary/aromatic N) is 3. The molecule has 0 saturated carbocycles. The van der Waals surface area contributed by atoms with Gasteiger partial charge in [-0.2, -0.15) is 0 Å². The SMILES string of the molecule is CCOC(=O)c1cc2c(c(N(C(=O)OC(C)(C)C)C3CCN(CCCC(=O)OC(C)(C)C)CC3)c1)N(C(=O)OC(C)(C)C)c1ccccc1S2. The topological polar surface area (TPSA) is 115 Å². The normalized spacial score (nSPS) is 15.4. The maximum absolute atomic E-state index is 14.3. The number of benzene rings is 2. The summed E-state index contributed by atoms with van der Waals surface area (Å²) < 4.78 is 22.8. The van der Waals surface area contributed by atoms with Crippen molar-refractivity contribution < 1.29 is 38.1 Å². The predicted molar refractivity (Wildman–Crippen MR) is 195 cm³/mol. The summed E-state index contributed by atoms with van der Waals surface area (Å²) in [5.41, 5.74) is -0.494. The molecule has 0 aromatic heterocycles. The Morgan fingerprint density at radius 3 is 2.06 bits per heavy atom. The molecule has 0 unspecified atom stereocenters. The van der Waals surface area contributed by atoms with Crippen LogP contribution in [-0.2, 0) is 23.7 Å². The van der Waals surface area contributed by atoms with Crippen molar-refractivity contribution in [1.29, 1.82) is 0 Å². The lowest BCUT2D eigenvalue weighted by Gasteiger charge is -2.42. The zero-order valence-electron chi connectivity index (χ0n) is 31.2. The van der Waals surface area contributed by atoms with Gasteiger partial charge in [0.1, 0.15) is 16.8 Å². The average Bonchev–Trinajstić information content (AvgIpc) is 2.98. The molecule has 1 saturated heterocycles. The van der Waals surface area contributed by atoms with Gasteiger partial charge in [-0.1, -0.05) is 23.9 Å². The van der Waals surface area contributed by atoms with Crippen molar-refractivity contribution in [2.24, 2.45) is 0 Å². The lowest BCUT2D eigenvalue weighted by Crippen LogP contribution is -2.50. The fraction of sp³-hybridized carbons (Fsp3) is 0.579. The van der Waals surface area contributed by atoms with E-state index in [1.807, 2.05) is 45.0 Å². The molecule has 0 atom stereocenters. The third kappa shape index (κ3) is 10.4. The van der Waals surface area contributed by atoms with Gasteiger partial charge >= 0.3 is 24.1 Å². The number of hydrogen-bond donors (Lipinski definition) is 0. The van der Waals surface area contributed by atoms with Crippen molar-refractivity contribution in [3.63, 3.8) is 0 Å². The number of carbonyl (C=O) groups excluding carboxylic acids is 4. The zero-order valence-corrected chi connectivity index (χ0v) is 32.0. The average molecular weight is 712 g/mol. The van der Waals surface area contributed by atoms with Gasteiger partial charge in [0.2, 0.25) is 0 Å². The summed E-state index contributed by atoms with van der Waals surface area (Å²) in [5.74, 6) is -0.757. The first-order chi connectivity index (χ1) is 23.3. The van der Waals surface area contributed by atoms with E-state index in [9.17, 15) is 19.2 Å². The molecule has 274 valence electrons. The fourth-order valence-electron chi connectivity index (χ4n) is 5.87. The number of likely N-dealkylation sites (tertiary alicyclic amines) is 1. The highest BCUT2D eigenvalue weighted by Crippen LogP contribution is 2.53. The fourth-order valence-corrected chi connectivity index (χ4v) is 7.00. The Bertz CT molecular complexity index is 1570. The maximum atomic E-state index is 14.3. The van der Waals surface area contributed by atoms with Gasteiger partial charge in [0.05, 0.1) is 29.2 Å². The zero-order chi connectivity index (χ0) is 37.0. The van der Waals surface area contributed by atoms with Crippen LogP contribution in [0.3, 0.4) is 0 Å². The Morgan fingerprint density at radius 1 is 0.840 bits per heavy atom. The lowest BCUT2D eigenvalue weighted by atomic mass is 10.0. The van der Waals surface area contributed by atoms with Gasteiger partial charge in [-0.25, -0.2) is 19.3 Å². The molecule has 0 N–H and O–H groups in total. The highest BCUT2D eigenvalue weighted by Gasteiger charge is 2.40. The van der Waals surface area contributed by atoms with Crippen LogP contribution in [0.5, 0.6) is 0 Å². The van der Waals surface area contributed by atoms with E-state index in [1.165, 1.54) is 16.7 Å². The van der Waals surface area contributed by atoms with Gasteiger partial charge < -0.3 is 23.8 Å². The molecule has 0 aliphatic carbocycles. The van der Waals surface area contributed by atoms with E-state index in [-0.39, 0.29) is 24.2 Å².